The Kier molecular flexibility index (Phi) is 5.29. The largest absolute Gasteiger partial charge is 0.352 e. The monoisotopic (exact) mass is 293 g/mol. The van der Waals surface area contributed by atoms with Crippen molar-refractivity contribution in [1.29, 1.82) is 0 Å². The fourth-order valence-corrected chi connectivity index (χ4v) is 2.67. The van der Waals surface area contributed by atoms with Gasteiger partial charge >= 0.3 is 0 Å². The Labute approximate surface area is 122 Å². The number of hydrogen-bond acceptors (Lipinski definition) is 4. The smallest absolute Gasteiger partial charge is 0.244 e. The molecule has 0 unspecified atom stereocenters. The molecule has 1 fully saturated rings. The van der Waals surface area contributed by atoms with Crippen molar-refractivity contribution in [2.24, 2.45) is 0 Å². The van der Waals surface area contributed by atoms with Crippen LogP contribution in [0.4, 0.5) is 0 Å². The summed E-state index contributed by atoms with van der Waals surface area (Å²) in [4.78, 5) is 29.4. The molecular formula is C14H19N3O2S. The van der Waals surface area contributed by atoms with E-state index in [1.807, 2.05) is 17.2 Å². The lowest BCUT2D eigenvalue weighted by molar-refractivity contribution is -0.130. The molecule has 2 amide bonds. The maximum absolute atomic E-state index is 11.8. The first-order chi connectivity index (χ1) is 9.65. The summed E-state index contributed by atoms with van der Waals surface area (Å²) in [7, 11) is 0. The van der Waals surface area contributed by atoms with Crippen LogP contribution in [-0.4, -0.2) is 41.3 Å². The van der Waals surface area contributed by atoms with Gasteiger partial charge in [0.15, 0.2) is 0 Å². The molecule has 0 bridgehead atoms. The van der Waals surface area contributed by atoms with Crippen molar-refractivity contribution < 1.29 is 9.59 Å². The molecule has 1 aromatic rings. The van der Waals surface area contributed by atoms with Gasteiger partial charge in [-0.15, -0.1) is 11.3 Å². The first-order valence-corrected chi connectivity index (χ1v) is 7.69. The molecule has 0 aliphatic carbocycles. The van der Waals surface area contributed by atoms with Gasteiger partial charge in [-0.2, -0.15) is 0 Å². The van der Waals surface area contributed by atoms with Gasteiger partial charge in [0.25, 0.3) is 0 Å². The average molecular weight is 293 g/mol. The fraction of sp³-hybridized carbons (Fsp3) is 0.500. The van der Waals surface area contributed by atoms with Crippen LogP contribution in [0, 0.1) is 6.92 Å². The van der Waals surface area contributed by atoms with E-state index in [1.54, 1.807) is 17.4 Å². The molecule has 1 aliphatic rings. The van der Waals surface area contributed by atoms with E-state index < -0.39 is 0 Å². The summed E-state index contributed by atoms with van der Waals surface area (Å²) >= 11 is 1.55. The van der Waals surface area contributed by atoms with Crippen molar-refractivity contribution in [2.75, 3.05) is 19.6 Å². The Bertz CT molecular complexity index is 504. The van der Waals surface area contributed by atoms with Gasteiger partial charge in [0.05, 0.1) is 10.7 Å². The third-order valence-corrected chi connectivity index (χ3v) is 3.93. The lowest BCUT2D eigenvalue weighted by Crippen LogP contribution is -2.32. The summed E-state index contributed by atoms with van der Waals surface area (Å²) in [5.74, 6) is -0.0632. The van der Waals surface area contributed by atoms with Gasteiger partial charge in [-0.25, -0.2) is 4.98 Å². The molecule has 0 aromatic carbocycles. The minimum Gasteiger partial charge on any atom is -0.352 e. The molecule has 108 valence electrons. The summed E-state index contributed by atoms with van der Waals surface area (Å²) in [5.41, 5.74) is 0.788. The van der Waals surface area contributed by atoms with E-state index in [9.17, 15) is 9.59 Å². The second-order valence-corrected chi connectivity index (χ2v) is 5.82. The van der Waals surface area contributed by atoms with E-state index in [1.165, 1.54) is 6.08 Å². The summed E-state index contributed by atoms with van der Waals surface area (Å²) in [6.07, 6.45) is 5.69. The van der Waals surface area contributed by atoms with Crippen LogP contribution >= 0.6 is 11.3 Å². The van der Waals surface area contributed by atoms with Crippen LogP contribution in [-0.2, 0) is 9.59 Å². The van der Waals surface area contributed by atoms with E-state index in [4.69, 9.17) is 0 Å². The third kappa shape index (κ3) is 4.45. The maximum atomic E-state index is 11.8. The quantitative estimate of drug-likeness (QED) is 0.839. The number of carbonyl (C=O) groups excluding carboxylic acids is 2. The molecular weight excluding hydrogens is 274 g/mol. The number of aromatic nitrogens is 1. The van der Waals surface area contributed by atoms with Crippen molar-refractivity contribution in [3.63, 3.8) is 0 Å². The van der Waals surface area contributed by atoms with Crippen molar-refractivity contribution in [3.8, 4) is 0 Å². The molecule has 2 rings (SSSR count). The standard InChI is InChI=1S/C14H19N3O2S/c1-11-16-12(10-20-11)4-5-13(18)15-7-6-14(19)17-8-2-3-9-17/h4-5,10H,2-3,6-9H2,1H3,(H,15,18)/b5-4+. The summed E-state index contributed by atoms with van der Waals surface area (Å²) in [6.45, 7) is 4.02. The molecule has 1 N–H and O–H groups in total. The van der Waals surface area contributed by atoms with E-state index in [0.717, 1.165) is 36.6 Å². The minimum atomic E-state index is -0.190. The summed E-state index contributed by atoms with van der Waals surface area (Å²) in [5, 5.41) is 5.59. The Hall–Kier alpha value is -1.69. The van der Waals surface area contributed by atoms with Crippen LogP contribution in [0.25, 0.3) is 6.08 Å². The number of carbonyl (C=O) groups is 2. The van der Waals surface area contributed by atoms with Gasteiger partial charge in [-0.1, -0.05) is 0 Å². The zero-order valence-electron chi connectivity index (χ0n) is 11.6. The molecule has 0 atom stereocenters. The average Bonchev–Trinajstić information content (AvgIpc) is 3.07. The van der Waals surface area contributed by atoms with E-state index in [0.29, 0.717) is 13.0 Å². The van der Waals surface area contributed by atoms with Crippen LogP contribution in [0.3, 0.4) is 0 Å². The van der Waals surface area contributed by atoms with Crippen molar-refractivity contribution in [3.05, 3.63) is 22.2 Å². The first kappa shape index (κ1) is 14.7. The van der Waals surface area contributed by atoms with Crippen molar-refractivity contribution >= 4 is 29.2 Å². The van der Waals surface area contributed by atoms with Crippen molar-refractivity contribution in [2.45, 2.75) is 26.2 Å². The number of nitrogens with one attached hydrogen (secondary N) is 1. The van der Waals surface area contributed by atoms with Crippen LogP contribution in [0.1, 0.15) is 30.0 Å². The lowest BCUT2D eigenvalue weighted by atomic mass is 10.3. The highest BCUT2D eigenvalue weighted by atomic mass is 32.1. The second kappa shape index (κ2) is 7.19. The second-order valence-electron chi connectivity index (χ2n) is 4.75. The zero-order chi connectivity index (χ0) is 14.4. The number of aryl methyl sites for hydroxylation is 1. The molecule has 6 heteroatoms. The van der Waals surface area contributed by atoms with Gasteiger partial charge in [-0.05, 0) is 25.8 Å². The van der Waals surface area contributed by atoms with E-state index in [-0.39, 0.29) is 11.8 Å². The van der Waals surface area contributed by atoms with Crippen molar-refractivity contribution in [1.82, 2.24) is 15.2 Å². The normalized spacial score (nSPS) is 14.9. The number of thiazole rings is 1. The Morgan fingerprint density at radius 1 is 1.45 bits per heavy atom. The summed E-state index contributed by atoms with van der Waals surface area (Å²) in [6, 6.07) is 0. The van der Waals surface area contributed by atoms with Gasteiger partial charge in [0, 0.05) is 37.5 Å². The number of likely N-dealkylation sites (tertiary alicyclic amines) is 1. The summed E-state index contributed by atoms with van der Waals surface area (Å²) < 4.78 is 0. The number of amides is 2. The highest BCUT2D eigenvalue weighted by Gasteiger charge is 2.17. The SMILES string of the molecule is Cc1nc(/C=C/C(=O)NCCC(=O)N2CCCC2)cs1. The fourth-order valence-electron chi connectivity index (χ4n) is 2.09. The van der Waals surface area contributed by atoms with Crippen LogP contribution in [0.2, 0.25) is 0 Å². The lowest BCUT2D eigenvalue weighted by Gasteiger charge is -2.14. The molecule has 0 spiro atoms. The predicted molar refractivity (Wildman–Crippen MR) is 79.3 cm³/mol. The zero-order valence-corrected chi connectivity index (χ0v) is 12.4. The van der Waals surface area contributed by atoms with Gasteiger partial charge in [0.1, 0.15) is 0 Å². The van der Waals surface area contributed by atoms with Crippen LogP contribution < -0.4 is 5.32 Å². The van der Waals surface area contributed by atoms with Gasteiger partial charge in [0.2, 0.25) is 11.8 Å². The highest BCUT2D eigenvalue weighted by Crippen LogP contribution is 2.09. The molecule has 0 radical (unpaired) electrons. The number of hydrogen-bond donors (Lipinski definition) is 1. The highest BCUT2D eigenvalue weighted by molar-refractivity contribution is 7.09. The maximum Gasteiger partial charge on any atom is 0.244 e. The van der Waals surface area contributed by atoms with Crippen LogP contribution in [0.15, 0.2) is 11.5 Å². The Morgan fingerprint density at radius 3 is 2.85 bits per heavy atom. The Balaban J connectivity index is 1.67. The van der Waals surface area contributed by atoms with E-state index >= 15 is 0 Å². The number of rotatable bonds is 5. The molecule has 20 heavy (non-hydrogen) atoms. The molecule has 1 aliphatic heterocycles. The predicted octanol–water partition coefficient (Wildman–Crippen LogP) is 1.59. The van der Waals surface area contributed by atoms with Gasteiger partial charge < -0.3 is 10.2 Å². The molecule has 5 nitrogen and oxygen atoms in total. The van der Waals surface area contributed by atoms with E-state index in [2.05, 4.69) is 10.3 Å². The van der Waals surface area contributed by atoms with Gasteiger partial charge in [-0.3, -0.25) is 9.59 Å². The minimum absolute atomic E-state index is 0.127. The van der Waals surface area contributed by atoms with Crippen LogP contribution in [0.5, 0.6) is 0 Å². The first-order valence-electron chi connectivity index (χ1n) is 6.81. The molecule has 0 saturated carbocycles. The Morgan fingerprint density at radius 2 is 2.20 bits per heavy atom. The third-order valence-electron chi connectivity index (χ3n) is 3.14. The molecule has 1 saturated heterocycles. The molecule has 2 heterocycles. The topological polar surface area (TPSA) is 62.3 Å². The molecule has 1 aromatic heterocycles. The number of nitrogens with zero attached hydrogens (tertiary/aromatic N) is 2.